The number of rotatable bonds is 0. The lowest BCUT2D eigenvalue weighted by Gasteiger charge is -2.25. The Morgan fingerprint density at radius 3 is 2.93 bits per heavy atom. The fourth-order valence-corrected chi connectivity index (χ4v) is 2.25. The van der Waals surface area contributed by atoms with Gasteiger partial charge in [0.05, 0.1) is 10.2 Å². The van der Waals surface area contributed by atoms with Crippen LogP contribution in [0.5, 0.6) is 0 Å². The largest absolute Gasteiger partial charge is 0.381 e. The predicted octanol–water partition coefficient (Wildman–Crippen LogP) is 3.47. The van der Waals surface area contributed by atoms with Crippen LogP contribution in [0.1, 0.15) is 18.9 Å². The molecule has 2 rings (SSSR count). The first kappa shape index (κ1) is 9.90. The molecule has 0 aliphatic carbocycles. The van der Waals surface area contributed by atoms with E-state index in [1.54, 1.807) is 0 Å². The zero-order valence-corrected chi connectivity index (χ0v) is 9.29. The minimum Gasteiger partial charge on any atom is -0.381 e. The maximum absolute atomic E-state index is 13.2. The number of halogens is 3. The monoisotopic (exact) mass is 261 g/mol. The predicted molar refractivity (Wildman–Crippen MR) is 55.5 cm³/mol. The van der Waals surface area contributed by atoms with Crippen LogP contribution in [-0.2, 0) is 6.42 Å². The number of benzene rings is 1. The minimum atomic E-state index is -0.814. The second kappa shape index (κ2) is 3.50. The number of nitrogens with one attached hydrogen (secondary N) is 1. The molecule has 1 atom stereocenters. The van der Waals surface area contributed by atoms with Crippen molar-refractivity contribution >= 4 is 21.6 Å². The van der Waals surface area contributed by atoms with Crippen molar-refractivity contribution in [3.8, 4) is 0 Å². The Balaban J connectivity index is 2.55. The summed E-state index contributed by atoms with van der Waals surface area (Å²) in [6.45, 7) is 2.02. The number of fused-ring (bicyclic) bond motifs is 1. The Bertz CT molecular complexity index is 379. The van der Waals surface area contributed by atoms with Crippen molar-refractivity contribution in [1.29, 1.82) is 0 Å². The first-order chi connectivity index (χ1) is 6.59. The highest BCUT2D eigenvalue weighted by Crippen LogP contribution is 2.35. The van der Waals surface area contributed by atoms with E-state index in [4.69, 9.17) is 0 Å². The average Bonchev–Trinajstić information content (AvgIpc) is 2.16. The van der Waals surface area contributed by atoms with Gasteiger partial charge < -0.3 is 5.32 Å². The molecule has 76 valence electrons. The van der Waals surface area contributed by atoms with E-state index in [0.717, 1.165) is 18.4 Å². The lowest BCUT2D eigenvalue weighted by Crippen LogP contribution is -2.22. The van der Waals surface area contributed by atoms with E-state index >= 15 is 0 Å². The summed E-state index contributed by atoms with van der Waals surface area (Å²) in [4.78, 5) is 0. The third kappa shape index (κ3) is 1.52. The van der Waals surface area contributed by atoms with Gasteiger partial charge in [-0.3, -0.25) is 0 Å². The number of aryl methyl sites for hydroxylation is 1. The van der Waals surface area contributed by atoms with Gasteiger partial charge in [-0.1, -0.05) is 0 Å². The van der Waals surface area contributed by atoms with Crippen molar-refractivity contribution in [1.82, 2.24) is 0 Å². The summed E-state index contributed by atoms with van der Waals surface area (Å²) < 4.78 is 26.4. The molecule has 0 radical (unpaired) electrons. The van der Waals surface area contributed by atoms with Crippen LogP contribution in [0.3, 0.4) is 0 Å². The van der Waals surface area contributed by atoms with Gasteiger partial charge in [0.2, 0.25) is 0 Å². The lowest BCUT2D eigenvalue weighted by atomic mass is 9.99. The van der Waals surface area contributed by atoms with Crippen LogP contribution in [0.2, 0.25) is 0 Å². The smallest absolute Gasteiger partial charge is 0.175 e. The minimum absolute atomic E-state index is 0.207. The molecule has 0 saturated heterocycles. The summed E-state index contributed by atoms with van der Waals surface area (Å²) in [5.41, 5.74) is 1.54. The third-order valence-electron chi connectivity index (χ3n) is 2.48. The van der Waals surface area contributed by atoms with Gasteiger partial charge in [0, 0.05) is 6.04 Å². The Labute approximate surface area is 89.6 Å². The second-order valence-corrected chi connectivity index (χ2v) is 4.40. The van der Waals surface area contributed by atoms with Crippen molar-refractivity contribution in [2.75, 3.05) is 5.32 Å². The number of anilines is 1. The molecule has 0 spiro atoms. The molecule has 1 unspecified atom stereocenters. The molecule has 1 aliphatic heterocycles. The van der Waals surface area contributed by atoms with Gasteiger partial charge in [-0.2, -0.15) is 0 Å². The normalized spacial score (nSPS) is 20.1. The summed E-state index contributed by atoms with van der Waals surface area (Å²) >= 11 is 3.07. The molecule has 4 heteroatoms. The van der Waals surface area contributed by atoms with E-state index in [0.29, 0.717) is 11.7 Å². The number of hydrogen-bond acceptors (Lipinski definition) is 1. The topological polar surface area (TPSA) is 12.0 Å². The highest BCUT2D eigenvalue weighted by atomic mass is 79.9. The fraction of sp³-hybridized carbons (Fsp3) is 0.400. The molecule has 0 fully saturated rings. The van der Waals surface area contributed by atoms with Gasteiger partial charge in [0.1, 0.15) is 0 Å². The maximum Gasteiger partial charge on any atom is 0.175 e. The van der Waals surface area contributed by atoms with Crippen LogP contribution in [0.25, 0.3) is 0 Å². The molecule has 1 aromatic rings. The lowest BCUT2D eigenvalue weighted by molar-refractivity contribution is 0.500. The van der Waals surface area contributed by atoms with E-state index in [1.807, 2.05) is 6.92 Å². The average molecular weight is 262 g/mol. The molecule has 1 nitrogen and oxygen atoms in total. The Morgan fingerprint density at radius 2 is 2.21 bits per heavy atom. The zero-order valence-electron chi connectivity index (χ0n) is 7.70. The summed E-state index contributed by atoms with van der Waals surface area (Å²) in [7, 11) is 0. The Kier molecular flexibility index (Phi) is 2.47. The maximum atomic E-state index is 13.2. The molecular formula is C10H10BrF2N. The van der Waals surface area contributed by atoms with Crippen molar-refractivity contribution < 1.29 is 8.78 Å². The zero-order chi connectivity index (χ0) is 10.3. The molecule has 1 N–H and O–H groups in total. The van der Waals surface area contributed by atoms with E-state index in [1.165, 1.54) is 6.07 Å². The molecule has 0 amide bonds. The molecule has 14 heavy (non-hydrogen) atoms. The highest BCUT2D eigenvalue weighted by Gasteiger charge is 2.21. The van der Waals surface area contributed by atoms with Crippen LogP contribution < -0.4 is 5.32 Å². The van der Waals surface area contributed by atoms with Gasteiger partial charge in [0.15, 0.2) is 11.6 Å². The van der Waals surface area contributed by atoms with Crippen molar-refractivity contribution in [3.05, 3.63) is 27.7 Å². The van der Waals surface area contributed by atoms with Gasteiger partial charge >= 0.3 is 0 Å². The summed E-state index contributed by atoms with van der Waals surface area (Å²) in [5, 5.41) is 3.14. The van der Waals surface area contributed by atoms with Crippen LogP contribution in [0.15, 0.2) is 10.5 Å². The summed E-state index contributed by atoms with van der Waals surface area (Å²) in [5.74, 6) is -1.60. The van der Waals surface area contributed by atoms with Crippen LogP contribution in [-0.4, -0.2) is 6.04 Å². The Hall–Kier alpha value is -0.640. The SMILES string of the molecule is CC1CCc2cc(F)c(F)c(Br)c2N1. The highest BCUT2D eigenvalue weighted by molar-refractivity contribution is 9.10. The Morgan fingerprint density at radius 1 is 1.50 bits per heavy atom. The standard InChI is InChI=1S/C10H10BrF2N/c1-5-2-3-6-4-7(12)9(13)8(11)10(6)14-5/h4-5,14H,2-3H2,1H3. The van der Waals surface area contributed by atoms with Crippen molar-refractivity contribution in [3.63, 3.8) is 0 Å². The van der Waals surface area contributed by atoms with Gasteiger partial charge in [-0.15, -0.1) is 0 Å². The van der Waals surface area contributed by atoms with E-state index < -0.39 is 11.6 Å². The molecule has 0 aromatic heterocycles. The molecule has 1 aliphatic rings. The van der Waals surface area contributed by atoms with Crippen LogP contribution >= 0.6 is 15.9 Å². The third-order valence-corrected chi connectivity index (χ3v) is 3.23. The van der Waals surface area contributed by atoms with Gasteiger partial charge in [-0.05, 0) is 47.3 Å². The number of hydrogen-bond donors (Lipinski definition) is 1. The van der Waals surface area contributed by atoms with Gasteiger partial charge in [-0.25, -0.2) is 8.78 Å². The fourth-order valence-electron chi connectivity index (χ4n) is 1.69. The van der Waals surface area contributed by atoms with Crippen molar-refractivity contribution in [2.24, 2.45) is 0 Å². The second-order valence-electron chi connectivity index (χ2n) is 3.60. The van der Waals surface area contributed by atoms with Crippen molar-refractivity contribution in [2.45, 2.75) is 25.8 Å². The molecule has 0 saturated carbocycles. The quantitative estimate of drug-likeness (QED) is 0.706. The molecular weight excluding hydrogens is 252 g/mol. The summed E-state index contributed by atoms with van der Waals surface area (Å²) in [6.07, 6.45) is 1.74. The molecule has 1 aromatic carbocycles. The molecule has 1 heterocycles. The van der Waals surface area contributed by atoms with Crippen LogP contribution in [0, 0.1) is 11.6 Å². The first-order valence-corrected chi connectivity index (χ1v) is 5.32. The van der Waals surface area contributed by atoms with Gasteiger partial charge in [0.25, 0.3) is 0 Å². The molecule has 0 bridgehead atoms. The van der Waals surface area contributed by atoms with E-state index in [-0.39, 0.29) is 4.47 Å². The van der Waals surface area contributed by atoms with E-state index in [9.17, 15) is 8.78 Å². The van der Waals surface area contributed by atoms with E-state index in [2.05, 4.69) is 21.2 Å². The van der Waals surface area contributed by atoms with Crippen LogP contribution in [0.4, 0.5) is 14.5 Å². The summed E-state index contributed by atoms with van der Waals surface area (Å²) in [6, 6.07) is 1.58. The first-order valence-electron chi connectivity index (χ1n) is 4.52.